The Morgan fingerprint density at radius 3 is 1.84 bits per heavy atom. The second-order valence-electron chi connectivity index (χ2n) is 15.3. The summed E-state index contributed by atoms with van der Waals surface area (Å²) in [5, 5.41) is 7.65. The van der Waals surface area contributed by atoms with Gasteiger partial charge >= 0.3 is 0 Å². The summed E-state index contributed by atoms with van der Waals surface area (Å²) in [6.45, 7) is 0. The van der Waals surface area contributed by atoms with E-state index in [0.29, 0.717) is 0 Å². The van der Waals surface area contributed by atoms with Crippen molar-refractivity contribution in [2.24, 2.45) is 0 Å². The summed E-state index contributed by atoms with van der Waals surface area (Å²) < 4.78 is 7.50. The van der Waals surface area contributed by atoms with E-state index in [0.717, 1.165) is 35.6 Å². The summed E-state index contributed by atoms with van der Waals surface area (Å²) in [6, 6.07) is 67.1. The van der Waals surface area contributed by atoms with Gasteiger partial charge in [0.25, 0.3) is 0 Å². The Bertz CT molecular complexity index is 3470. The van der Waals surface area contributed by atoms with Crippen LogP contribution in [0.25, 0.3) is 86.3 Å². The third kappa shape index (κ3) is 5.19. The molecule has 1 aliphatic rings. The number of anilines is 3. The van der Waals surface area contributed by atoms with E-state index in [1.54, 1.807) is 0 Å². The molecule has 0 unspecified atom stereocenters. The zero-order valence-electron chi connectivity index (χ0n) is 31.7. The fourth-order valence-electron chi connectivity index (χ4n) is 9.31. The average Bonchev–Trinajstić information content (AvgIpc) is 3.94. The van der Waals surface area contributed by atoms with Crippen molar-refractivity contribution in [2.75, 3.05) is 4.90 Å². The number of hydrogen-bond acceptors (Lipinski definition) is 2. The summed E-state index contributed by atoms with van der Waals surface area (Å²) in [7, 11) is 0. The van der Waals surface area contributed by atoms with Crippen LogP contribution in [0.5, 0.6) is 0 Å². The first-order valence-corrected chi connectivity index (χ1v) is 20.9. The number of fused-ring (bicyclic) bond motifs is 9. The molecule has 0 N–H and O–H groups in total. The SMILES string of the molecule is C1=CCCC(n2c3ccccc3c3ccc(N(c4cccc(-c5ccc6c7ccccc7n(-c7ccccc7)c6c5)c4)c4ccc5sc6ccccc6c5c4)cc32)=C1. The summed E-state index contributed by atoms with van der Waals surface area (Å²) >= 11 is 1.86. The third-order valence-corrected chi connectivity index (χ3v) is 13.1. The van der Waals surface area contributed by atoms with E-state index in [1.165, 1.54) is 80.6 Å². The monoisotopic (exact) mass is 759 g/mol. The summed E-state index contributed by atoms with van der Waals surface area (Å²) in [6.07, 6.45) is 8.81. The predicted octanol–water partition coefficient (Wildman–Crippen LogP) is 15.6. The molecule has 0 radical (unpaired) electrons. The summed E-state index contributed by atoms with van der Waals surface area (Å²) in [4.78, 5) is 2.45. The molecule has 0 saturated heterocycles. The Morgan fingerprint density at radius 1 is 0.414 bits per heavy atom. The summed E-state index contributed by atoms with van der Waals surface area (Å²) in [5.41, 5.74) is 13.1. The van der Waals surface area contributed by atoms with Gasteiger partial charge in [-0.3, -0.25) is 0 Å². The minimum atomic E-state index is 1.01. The smallest absolute Gasteiger partial charge is 0.0558 e. The van der Waals surface area contributed by atoms with Crippen LogP contribution in [0.3, 0.4) is 0 Å². The molecule has 3 nitrogen and oxygen atoms in total. The van der Waals surface area contributed by atoms with Crippen LogP contribution in [0.2, 0.25) is 0 Å². The Hall–Kier alpha value is -7.14. The van der Waals surface area contributed by atoms with E-state index in [1.807, 2.05) is 11.3 Å². The highest BCUT2D eigenvalue weighted by molar-refractivity contribution is 7.25. The van der Waals surface area contributed by atoms with Crippen LogP contribution in [-0.4, -0.2) is 9.13 Å². The second-order valence-corrected chi connectivity index (χ2v) is 16.3. The molecule has 0 fully saturated rings. The first-order chi connectivity index (χ1) is 28.8. The van der Waals surface area contributed by atoms with Gasteiger partial charge in [-0.2, -0.15) is 0 Å². The van der Waals surface area contributed by atoms with Gasteiger partial charge in [0.05, 0.1) is 22.1 Å². The van der Waals surface area contributed by atoms with Crippen LogP contribution in [0, 0.1) is 0 Å². The number of aromatic nitrogens is 2. The molecule has 0 saturated carbocycles. The van der Waals surface area contributed by atoms with Gasteiger partial charge in [0.2, 0.25) is 0 Å². The third-order valence-electron chi connectivity index (χ3n) is 11.9. The van der Waals surface area contributed by atoms with Crippen molar-refractivity contribution in [2.45, 2.75) is 12.8 Å². The lowest BCUT2D eigenvalue weighted by atomic mass is 10.0. The molecule has 3 aromatic heterocycles. The molecule has 0 amide bonds. The van der Waals surface area contributed by atoms with Crippen molar-refractivity contribution >= 4 is 97.9 Å². The fourth-order valence-corrected chi connectivity index (χ4v) is 10.4. The van der Waals surface area contributed by atoms with Crippen molar-refractivity contribution in [3.63, 3.8) is 0 Å². The Kier molecular flexibility index (Phi) is 7.54. The highest BCUT2D eigenvalue weighted by Crippen LogP contribution is 2.44. The number of benzene rings is 8. The van der Waals surface area contributed by atoms with E-state index in [-0.39, 0.29) is 0 Å². The molecule has 0 spiro atoms. The molecular weight excluding hydrogens is 723 g/mol. The van der Waals surface area contributed by atoms with Crippen LogP contribution >= 0.6 is 11.3 Å². The molecule has 274 valence electrons. The van der Waals surface area contributed by atoms with E-state index in [2.05, 4.69) is 214 Å². The summed E-state index contributed by atoms with van der Waals surface area (Å²) in [5.74, 6) is 0. The molecule has 12 rings (SSSR count). The van der Waals surface area contributed by atoms with Crippen molar-refractivity contribution in [3.8, 4) is 16.8 Å². The number of hydrogen-bond donors (Lipinski definition) is 0. The first kappa shape index (κ1) is 33.0. The van der Waals surface area contributed by atoms with E-state index in [9.17, 15) is 0 Å². The minimum absolute atomic E-state index is 1.01. The Morgan fingerprint density at radius 2 is 1.03 bits per heavy atom. The number of rotatable bonds is 6. The Balaban J connectivity index is 1.07. The lowest BCUT2D eigenvalue weighted by Gasteiger charge is -2.26. The van der Waals surface area contributed by atoms with Gasteiger partial charge in [-0.05, 0) is 109 Å². The molecule has 0 aliphatic heterocycles. The molecule has 4 heteroatoms. The van der Waals surface area contributed by atoms with Gasteiger partial charge in [0.1, 0.15) is 0 Å². The van der Waals surface area contributed by atoms with Crippen molar-refractivity contribution < 1.29 is 0 Å². The highest BCUT2D eigenvalue weighted by atomic mass is 32.1. The molecule has 8 aromatic carbocycles. The van der Waals surface area contributed by atoms with Gasteiger partial charge in [-0.15, -0.1) is 11.3 Å². The van der Waals surface area contributed by atoms with Crippen LogP contribution in [0.4, 0.5) is 17.1 Å². The molecule has 11 aromatic rings. The maximum Gasteiger partial charge on any atom is 0.0558 e. The normalized spacial score (nSPS) is 13.1. The maximum absolute atomic E-state index is 2.49. The molecular formula is C54H37N3S. The number of allylic oxidation sites excluding steroid dienone is 4. The molecule has 3 heterocycles. The van der Waals surface area contributed by atoms with Crippen molar-refractivity contribution in [1.29, 1.82) is 0 Å². The zero-order valence-corrected chi connectivity index (χ0v) is 32.5. The van der Waals surface area contributed by atoms with E-state index >= 15 is 0 Å². The second kappa shape index (κ2) is 13.2. The van der Waals surface area contributed by atoms with Gasteiger partial charge < -0.3 is 14.0 Å². The predicted molar refractivity (Wildman–Crippen MR) is 249 cm³/mol. The standard InChI is InChI=1S/C54H37N3S/c1-3-15-38(16-4-1)56-49-23-10-7-20-43(49)45-29-26-37(33-51(45)56)36-14-13-19-40(32-36)55(41-28-31-54-48(34-41)47-22-9-12-25-53(47)58-54)42-27-30-46-44-21-8-11-24-50(44)57(52(46)35-42)39-17-5-2-6-18-39/h1-5,7-17,19-35H,6,18H2. The molecule has 1 aliphatic carbocycles. The van der Waals surface area contributed by atoms with Crippen LogP contribution in [-0.2, 0) is 0 Å². The number of nitrogens with zero attached hydrogens (tertiary/aromatic N) is 3. The van der Waals surface area contributed by atoms with Gasteiger partial charge in [0.15, 0.2) is 0 Å². The van der Waals surface area contributed by atoms with Gasteiger partial charge in [0, 0.05) is 70.2 Å². The number of para-hydroxylation sites is 3. The van der Waals surface area contributed by atoms with Gasteiger partial charge in [-0.1, -0.05) is 115 Å². The van der Waals surface area contributed by atoms with E-state index < -0.39 is 0 Å². The number of thiophene rings is 1. The molecule has 58 heavy (non-hydrogen) atoms. The Labute approximate surface area is 340 Å². The lowest BCUT2D eigenvalue weighted by Crippen LogP contribution is -2.10. The lowest BCUT2D eigenvalue weighted by molar-refractivity contribution is 0.979. The molecule has 0 atom stereocenters. The maximum atomic E-state index is 2.49. The fraction of sp³-hybridized carbons (Fsp3) is 0.0370. The average molecular weight is 760 g/mol. The molecule has 0 bridgehead atoms. The van der Waals surface area contributed by atoms with Crippen molar-refractivity contribution in [1.82, 2.24) is 9.13 Å². The largest absolute Gasteiger partial charge is 0.313 e. The van der Waals surface area contributed by atoms with Crippen LogP contribution < -0.4 is 4.90 Å². The van der Waals surface area contributed by atoms with Crippen molar-refractivity contribution in [3.05, 3.63) is 200 Å². The first-order valence-electron chi connectivity index (χ1n) is 20.1. The zero-order chi connectivity index (χ0) is 38.2. The highest BCUT2D eigenvalue weighted by Gasteiger charge is 2.20. The quantitative estimate of drug-likeness (QED) is 0.165. The van der Waals surface area contributed by atoms with Crippen LogP contribution in [0.15, 0.2) is 200 Å². The van der Waals surface area contributed by atoms with E-state index in [4.69, 9.17) is 0 Å². The topological polar surface area (TPSA) is 13.1 Å². The minimum Gasteiger partial charge on any atom is -0.313 e. The van der Waals surface area contributed by atoms with Gasteiger partial charge in [-0.25, -0.2) is 0 Å². The van der Waals surface area contributed by atoms with Crippen LogP contribution in [0.1, 0.15) is 12.8 Å².